The summed E-state index contributed by atoms with van der Waals surface area (Å²) in [5, 5.41) is 14.0. The van der Waals surface area contributed by atoms with Crippen molar-refractivity contribution in [3.05, 3.63) is 12.2 Å². The van der Waals surface area contributed by atoms with Crippen molar-refractivity contribution in [2.24, 2.45) is 17.3 Å². The van der Waals surface area contributed by atoms with Crippen LogP contribution in [0.1, 0.15) is 38.4 Å². The number of nitrogens with zero attached hydrogens (tertiary/aromatic N) is 3. The van der Waals surface area contributed by atoms with Gasteiger partial charge in [-0.15, -0.1) is 0 Å². The Kier molecular flexibility index (Phi) is 2.69. The molecule has 17 heavy (non-hydrogen) atoms. The van der Waals surface area contributed by atoms with Gasteiger partial charge in [0.05, 0.1) is 0 Å². The van der Waals surface area contributed by atoms with Crippen LogP contribution in [0.25, 0.3) is 0 Å². The standard InChI is InChI=1S/C13H21N3O/c1-2-3-16-12(14-9-15-16)7-13(8-17)5-10-4-11(10)6-13/h9-11,17H,2-8H2,1H3. The molecule has 0 aromatic carbocycles. The molecule has 0 spiro atoms. The van der Waals surface area contributed by atoms with E-state index in [1.165, 1.54) is 19.3 Å². The van der Waals surface area contributed by atoms with Gasteiger partial charge < -0.3 is 5.11 Å². The molecule has 0 amide bonds. The molecule has 1 N–H and O–H groups in total. The molecule has 2 saturated carbocycles. The summed E-state index contributed by atoms with van der Waals surface area (Å²) in [5.74, 6) is 2.84. The van der Waals surface area contributed by atoms with Gasteiger partial charge in [0, 0.05) is 25.0 Å². The maximum Gasteiger partial charge on any atom is 0.138 e. The summed E-state index contributed by atoms with van der Waals surface area (Å²) in [6.45, 7) is 3.39. The summed E-state index contributed by atoms with van der Waals surface area (Å²) >= 11 is 0. The number of hydrogen-bond acceptors (Lipinski definition) is 3. The molecule has 0 aliphatic heterocycles. The lowest BCUT2D eigenvalue weighted by Gasteiger charge is -2.28. The van der Waals surface area contributed by atoms with Gasteiger partial charge in [-0.1, -0.05) is 6.92 Å². The Bertz CT molecular complexity index is 391. The highest BCUT2D eigenvalue weighted by Crippen LogP contribution is 2.60. The monoisotopic (exact) mass is 235 g/mol. The summed E-state index contributed by atoms with van der Waals surface area (Å²) < 4.78 is 2.00. The van der Waals surface area contributed by atoms with E-state index in [0.29, 0.717) is 6.61 Å². The molecule has 4 nitrogen and oxygen atoms in total. The van der Waals surface area contributed by atoms with Gasteiger partial charge in [-0.2, -0.15) is 5.10 Å². The fraction of sp³-hybridized carbons (Fsp3) is 0.846. The Hall–Kier alpha value is -0.900. The van der Waals surface area contributed by atoms with Gasteiger partial charge >= 0.3 is 0 Å². The van der Waals surface area contributed by atoms with Crippen molar-refractivity contribution in [1.82, 2.24) is 14.8 Å². The Balaban J connectivity index is 1.74. The number of aromatic nitrogens is 3. The van der Waals surface area contributed by atoms with Gasteiger partial charge in [0.15, 0.2) is 0 Å². The highest BCUT2D eigenvalue weighted by Gasteiger charge is 2.53. The molecule has 0 radical (unpaired) electrons. The SMILES string of the molecule is CCCn1ncnc1CC1(CO)CC2CC2C1. The normalized spacial score (nSPS) is 34.9. The molecule has 1 aromatic heterocycles. The molecule has 2 aliphatic rings. The second-order valence-electron chi connectivity index (χ2n) is 5.90. The molecule has 1 heterocycles. The van der Waals surface area contributed by atoms with Crippen molar-refractivity contribution in [3.63, 3.8) is 0 Å². The molecule has 1 aromatic rings. The lowest BCUT2D eigenvalue weighted by molar-refractivity contribution is 0.113. The maximum absolute atomic E-state index is 9.72. The number of aryl methyl sites for hydroxylation is 1. The average Bonchev–Trinajstić information content (AvgIpc) is 2.75. The molecular weight excluding hydrogens is 214 g/mol. The van der Waals surface area contributed by atoms with E-state index in [0.717, 1.165) is 37.0 Å². The smallest absolute Gasteiger partial charge is 0.138 e. The summed E-state index contributed by atoms with van der Waals surface area (Å²) in [4.78, 5) is 4.37. The van der Waals surface area contributed by atoms with E-state index in [4.69, 9.17) is 0 Å². The van der Waals surface area contributed by atoms with Crippen LogP contribution >= 0.6 is 0 Å². The fourth-order valence-electron chi connectivity index (χ4n) is 3.49. The van der Waals surface area contributed by atoms with Crippen molar-refractivity contribution < 1.29 is 5.11 Å². The Labute approximate surface area is 102 Å². The highest BCUT2D eigenvalue weighted by atomic mass is 16.3. The summed E-state index contributed by atoms with van der Waals surface area (Å²) in [6.07, 6.45) is 7.39. The van der Waals surface area contributed by atoms with Crippen molar-refractivity contribution in [2.45, 2.75) is 45.6 Å². The van der Waals surface area contributed by atoms with E-state index in [9.17, 15) is 5.11 Å². The van der Waals surface area contributed by atoms with E-state index in [-0.39, 0.29) is 5.41 Å². The number of fused-ring (bicyclic) bond motifs is 1. The van der Waals surface area contributed by atoms with Crippen molar-refractivity contribution >= 4 is 0 Å². The molecule has 2 unspecified atom stereocenters. The topological polar surface area (TPSA) is 50.9 Å². The number of aliphatic hydroxyl groups excluding tert-OH is 1. The lowest BCUT2D eigenvalue weighted by atomic mass is 9.80. The molecule has 2 aliphatic carbocycles. The Morgan fingerprint density at radius 2 is 2.24 bits per heavy atom. The molecule has 4 heteroatoms. The van der Waals surface area contributed by atoms with Gasteiger partial charge in [0.2, 0.25) is 0 Å². The van der Waals surface area contributed by atoms with Crippen LogP contribution in [-0.4, -0.2) is 26.5 Å². The predicted octanol–water partition coefficient (Wildman–Crippen LogP) is 1.64. The van der Waals surface area contributed by atoms with Crippen LogP contribution in [0.3, 0.4) is 0 Å². The minimum atomic E-state index is 0.103. The zero-order valence-corrected chi connectivity index (χ0v) is 10.5. The van der Waals surface area contributed by atoms with Gasteiger partial charge in [0.25, 0.3) is 0 Å². The first-order valence-electron chi connectivity index (χ1n) is 6.74. The first kappa shape index (κ1) is 11.2. The number of hydrogen-bond donors (Lipinski definition) is 1. The second-order valence-corrected chi connectivity index (χ2v) is 5.90. The molecule has 0 bridgehead atoms. The van der Waals surface area contributed by atoms with Crippen molar-refractivity contribution in [3.8, 4) is 0 Å². The zero-order valence-electron chi connectivity index (χ0n) is 10.5. The lowest BCUT2D eigenvalue weighted by Crippen LogP contribution is -2.28. The van der Waals surface area contributed by atoms with E-state index in [2.05, 4.69) is 17.0 Å². The van der Waals surface area contributed by atoms with Gasteiger partial charge in [-0.05, 0) is 37.5 Å². The van der Waals surface area contributed by atoms with E-state index in [1.807, 2.05) is 4.68 Å². The summed E-state index contributed by atoms with van der Waals surface area (Å²) in [5.41, 5.74) is 0.103. The third kappa shape index (κ3) is 1.99. The summed E-state index contributed by atoms with van der Waals surface area (Å²) in [6, 6.07) is 0. The van der Waals surface area contributed by atoms with Gasteiger partial charge in [-0.25, -0.2) is 4.98 Å². The predicted molar refractivity (Wildman–Crippen MR) is 64.4 cm³/mol. The minimum absolute atomic E-state index is 0.103. The van der Waals surface area contributed by atoms with Crippen molar-refractivity contribution in [1.29, 1.82) is 0 Å². The van der Waals surface area contributed by atoms with E-state index >= 15 is 0 Å². The first-order valence-corrected chi connectivity index (χ1v) is 6.74. The van der Waals surface area contributed by atoms with Crippen LogP contribution in [0.4, 0.5) is 0 Å². The molecule has 3 rings (SSSR count). The first-order chi connectivity index (χ1) is 8.26. The van der Waals surface area contributed by atoms with Crippen molar-refractivity contribution in [2.75, 3.05) is 6.61 Å². The van der Waals surface area contributed by atoms with Crippen LogP contribution in [0, 0.1) is 17.3 Å². The molecule has 2 atom stereocenters. The number of aliphatic hydroxyl groups is 1. The quantitative estimate of drug-likeness (QED) is 0.844. The third-order valence-corrected chi connectivity index (χ3v) is 4.46. The van der Waals surface area contributed by atoms with E-state index in [1.54, 1.807) is 6.33 Å². The zero-order chi connectivity index (χ0) is 11.9. The van der Waals surface area contributed by atoms with Crippen LogP contribution < -0.4 is 0 Å². The van der Waals surface area contributed by atoms with E-state index < -0.39 is 0 Å². The van der Waals surface area contributed by atoms with Crippen LogP contribution in [-0.2, 0) is 13.0 Å². The second kappa shape index (κ2) is 4.09. The molecule has 94 valence electrons. The minimum Gasteiger partial charge on any atom is -0.396 e. The molecular formula is C13H21N3O. The number of rotatable bonds is 5. The fourth-order valence-corrected chi connectivity index (χ4v) is 3.49. The molecule has 0 saturated heterocycles. The van der Waals surface area contributed by atoms with Crippen LogP contribution in [0.2, 0.25) is 0 Å². The van der Waals surface area contributed by atoms with Gasteiger partial charge in [0.1, 0.15) is 12.2 Å². The average molecular weight is 235 g/mol. The molecule has 2 fully saturated rings. The summed E-state index contributed by atoms with van der Waals surface area (Å²) in [7, 11) is 0. The van der Waals surface area contributed by atoms with Crippen LogP contribution in [0.15, 0.2) is 6.33 Å². The Morgan fingerprint density at radius 1 is 1.47 bits per heavy atom. The largest absolute Gasteiger partial charge is 0.396 e. The van der Waals surface area contributed by atoms with Gasteiger partial charge in [-0.3, -0.25) is 4.68 Å². The highest BCUT2D eigenvalue weighted by molar-refractivity contribution is 5.07. The maximum atomic E-state index is 9.72. The third-order valence-electron chi connectivity index (χ3n) is 4.46. The Morgan fingerprint density at radius 3 is 2.88 bits per heavy atom. The van der Waals surface area contributed by atoms with Crippen LogP contribution in [0.5, 0.6) is 0 Å².